The minimum absolute atomic E-state index is 0.0197. The zero-order chi connectivity index (χ0) is 22.9. The Morgan fingerprint density at radius 1 is 1.19 bits per heavy atom. The van der Waals surface area contributed by atoms with Crippen molar-refractivity contribution in [1.82, 2.24) is 9.88 Å². The molecule has 4 rings (SSSR count). The van der Waals surface area contributed by atoms with Crippen molar-refractivity contribution in [3.8, 4) is 0 Å². The second-order valence-electron chi connectivity index (χ2n) is 9.29. The predicted molar refractivity (Wildman–Crippen MR) is 123 cm³/mol. The van der Waals surface area contributed by atoms with Gasteiger partial charge in [0.05, 0.1) is 10.7 Å². The molecule has 2 aliphatic heterocycles. The number of ketones is 1. The molecule has 0 aliphatic carbocycles. The number of hydrogen-bond donors (Lipinski definition) is 0. The first-order chi connectivity index (χ1) is 15.2. The van der Waals surface area contributed by atoms with E-state index in [0.717, 1.165) is 34.8 Å². The van der Waals surface area contributed by atoms with Gasteiger partial charge in [0.25, 0.3) is 0 Å². The summed E-state index contributed by atoms with van der Waals surface area (Å²) in [5, 5.41) is 7.37. The molecule has 8 heteroatoms. The minimum atomic E-state index is -0.481. The van der Waals surface area contributed by atoms with Gasteiger partial charge in [-0.15, -0.1) is 11.3 Å². The highest BCUT2D eigenvalue weighted by Gasteiger charge is 2.31. The number of Topliss-reactive ketones (excluding diaryl/α,β-unsaturated/α-hetero) is 1. The number of hydrogen-bond acceptors (Lipinski definition) is 7. The first kappa shape index (κ1) is 22.5. The Bertz CT molecular complexity index is 1030. The molecule has 1 amide bonds. The molecule has 1 saturated heterocycles. The Hall–Kier alpha value is -2.74. The fourth-order valence-electron chi connectivity index (χ4n) is 4.04. The summed E-state index contributed by atoms with van der Waals surface area (Å²) in [6, 6.07) is 7.51. The number of aromatic nitrogens is 1. The number of amides is 1. The standard InChI is InChI=1S/C24H29N3O4S/c1-15(28)17-7-5-6-8-18(17)21-13-19(26-31-21)20-14-32-22(25-20)16-9-11-27(12-10-16)23(29)30-24(2,3)4/h5-8,14,16,21H,9-13H2,1-4H3. The average molecular weight is 456 g/mol. The van der Waals surface area contributed by atoms with E-state index in [0.29, 0.717) is 31.0 Å². The van der Waals surface area contributed by atoms with Gasteiger partial charge in [-0.1, -0.05) is 29.4 Å². The third-order valence-corrected chi connectivity index (χ3v) is 6.68. The normalized spacial score (nSPS) is 19.4. The molecule has 2 aromatic rings. The van der Waals surface area contributed by atoms with Crippen molar-refractivity contribution in [2.75, 3.05) is 13.1 Å². The zero-order valence-corrected chi connectivity index (χ0v) is 19.8. The minimum Gasteiger partial charge on any atom is -0.444 e. The van der Waals surface area contributed by atoms with Crippen molar-refractivity contribution in [3.63, 3.8) is 0 Å². The van der Waals surface area contributed by atoms with Crippen LogP contribution in [0.3, 0.4) is 0 Å². The van der Waals surface area contributed by atoms with Crippen molar-refractivity contribution in [2.24, 2.45) is 5.16 Å². The molecule has 1 fully saturated rings. The molecule has 170 valence electrons. The van der Waals surface area contributed by atoms with Gasteiger partial charge in [-0.2, -0.15) is 0 Å². The molecule has 3 heterocycles. The molecule has 0 radical (unpaired) electrons. The summed E-state index contributed by atoms with van der Waals surface area (Å²) in [4.78, 5) is 36.5. The Labute approximate surface area is 192 Å². The summed E-state index contributed by atoms with van der Waals surface area (Å²) in [5.41, 5.74) is 2.70. The van der Waals surface area contributed by atoms with E-state index in [1.807, 2.05) is 50.4 Å². The Morgan fingerprint density at radius 3 is 2.59 bits per heavy atom. The van der Waals surface area contributed by atoms with E-state index >= 15 is 0 Å². The van der Waals surface area contributed by atoms with Gasteiger partial charge in [-0.3, -0.25) is 4.79 Å². The number of thiazole rings is 1. The predicted octanol–water partition coefficient (Wildman–Crippen LogP) is 5.33. The number of oxime groups is 1. The highest BCUT2D eigenvalue weighted by atomic mass is 32.1. The molecular weight excluding hydrogens is 426 g/mol. The summed E-state index contributed by atoms with van der Waals surface area (Å²) in [6.45, 7) is 8.55. The fraction of sp³-hybridized carbons (Fsp3) is 0.500. The third-order valence-electron chi connectivity index (χ3n) is 5.67. The smallest absolute Gasteiger partial charge is 0.410 e. The number of likely N-dealkylation sites (tertiary alicyclic amines) is 1. The monoisotopic (exact) mass is 455 g/mol. The molecule has 0 spiro atoms. The molecule has 1 atom stereocenters. The fourth-order valence-corrected chi connectivity index (χ4v) is 5.04. The van der Waals surface area contributed by atoms with Gasteiger partial charge >= 0.3 is 6.09 Å². The molecule has 1 aromatic heterocycles. The number of nitrogens with zero attached hydrogens (tertiary/aromatic N) is 3. The van der Waals surface area contributed by atoms with E-state index in [-0.39, 0.29) is 18.0 Å². The first-order valence-electron chi connectivity index (χ1n) is 11.0. The Kier molecular flexibility index (Phi) is 6.33. The van der Waals surface area contributed by atoms with Crippen LogP contribution in [0.25, 0.3) is 0 Å². The summed E-state index contributed by atoms with van der Waals surface area (Å²) < 4.78 is 5.48. The lowest BCUT2D eigenvalue weighted by Gasteiger charge is -2.32. The summed E-state index contributed by atoms with van der Waals surface area (Å²) in [7, 11) is 0. The topological polar surface area (TPSA) is 81.1 Å². The van der Waals surface area contributed by atoms with Crippen molar-refractivity contribution in [1.29, 1.82) is 0 Å². The number of carbonyl (C=O) groups excluding carboxylic acids is 2. The molecule has 0 bridgehead atoms. The van der Waals surface area contributed by atoms with Gasteiger partial charge in [-0.25, -0.2) is 9.78 Å². The van der Waals surface area contributed by atoms with Crippen LogP contribution in [0.5, 0.6) is 0 Å². The molecule has 1 unspecified atom stereocenters. The Balaban J connectivity index is 1.36. The van der Waals surface area contributed by atoms with Crippen molar-refractivity contribution < 1.29 is 19.2 Å². The highest BCUT2D eigenvalue weighted by molar-refractivity contribution is 7.10. The van der Waals surface area contributed by atoms with Crippen LogP contribution in [-0.2, 0) is 9.57 Å². The quantitative estimate of drug-likeness (QED) is 0.583. The summed E-state index contributed by atoms with van der Waals surface area (Å²) in [6.07, 6.45) is 1.80. The molecular formula is C24H29N3O4S. The van der Waals surface area contributed by atoms with Crippen LogP contribution in [0.15, 0.2) is 34.8 Å². The van der Waals surface area contributed by atoms with E-state index in [1.54, 1.807) is 23.2 Å². The second-order valence-corrected chi connectivity index (χ2v) is 10.2. The van der Waals surface area contributed by atoms with E-state index in [2.05, 4.69) is 5.16 Å². The third kappa shape index (κ3) is 5.01. The maximum atomic E-state index is 12.3. The van der Waals surface area contributed by atoms with E-state index in [1.165, 1.54) is 0 Å². The van der Waals surface area contributed by atoms with E-state index < -0.39 is 5.60 Å². The van der Waals surface area contributed by atoms with Crippen LogP contribution >= 0.6 is 11.3 Å². The molecule has 2 aliphatic rings. The van der Waals surface area contributed by atoms with Crippen LogP contribution < -0.4 is 0 Å². The van der Waals surface area contributed by atoms with Crippen LogP contribution in [0.1, 0.15) is 85.6 Å². The summed E-state index contributed by atoms with van der Waals surface area (Å²) >= 11 is 1.63. The van der Waals surface area contributed by atoms with Gasteiger partial charge in [0.15, 0.2) is 11.9 Å². The molecule has 32 heavy (non-hydrogen) atoms. The maximum absolute atomic E-state index is 12.3. The lowest BCUT2D eigenvalue weighted by molar-refractivity contribution is 0.0204. The molecule has 1 aromatic carbocycles. The van der Waals surface area contributed by atoms with Crippen LogP contribution in [0, 0.1) is 0 Å². The van der Waals surface area contributed by atoms with Crippen LogP contribution in [0.2, 0.25) is 0 Å². The van der Waals surface area contributed by atoms with Crippen molar-refractivity contribution >= 4 is 28.9 Å². The zero-order valence-electron chi connectivity index (χ0n) is 19.0. The van der Waals surface area contributed by atoms with Gasteiger partial charge in [0.1, 0.15) is 11.3 Å². The van der Waals surface area contributed by atoms with Crippen molar-refractivity contribution in [2.45, 2.75) is 64.6 Å². The second kappa shape index (κ2) is 9.02. The molecule has 0 saturated carbocycles. The first-order valence-corrected chi connectivity index (χ1v) is 11.9. The Morgan fingerprint density at radius 2 is 1.91 bits per heavy atom. The molecule has 0 N–H and O–H groups in total. The lowest BCUT2D eigenvalue weighted by Crippen LogP contribution is -2.41. The largest absolute Gasteiger partial charge is 0.444 e. The van der Waals surface area contributed by atoms with Crippen LogP contribution in [0.4, 0.5) is 4.79 Å². The van der Waals surface area contributed by atoms with Crippen LogP contribution in [-0.4, -0.2) is 46.2 Å². The number of piperidine rings is 1. The van der Waals surface area contributed by atoms with Gasteiger partial charge in [-0.05, 0) is 40.5 Å². The van der Waals surface area contributed by atoms with E-state index in [4.69, 9.17) is 14.6 Å². The summed E-state index contributed by atoms with van der Waals surface area (Å²) in [5.74, 6) is 0.343. The number of ether oxygens (including phenoxy) is 1. The highest BCUT2D eigenvalue weighted by Crippen LogP contribution is 2.35. The number of rotatable bonds is 4. The van der Waals surface area contributed by atoms with Gasteiger partial charge in [0, 0.05) is 41.9 Å². The van der Waals surface area contributed by atoms with Crippen molar-refractivity contribution in [3.05, 3.63) is 51.5 Å². The van der Waals surface area contributed by atoms with E-state index in [9.17, 15) is 9.59 Å². The van der Waals surface area contributed by atoms with Gasteiger partial charge < -0.3 is 14.5 Å². The average Bonchev–Trinajstić information content (AvgIpc) is 3.42. The number of carbonyl (C=O) groups is 2. The maximum Gasteiger partial charge on any atom is 0.410 e. The lowest BCUT2D eigenvalue weighted by atomic mass is 9.96. The number of benzene rings is 1. The molecule has 7 nitrogen and oxygen atoms in total. The van der Waals surface area contributed by atoms with Gasteiger partial charge in [0.2, 0.25) is 0 Å². The SMILES string of the molecule is CC(=O)c1ccccc1C1CC(c2csc(C3CCN(C(=O)OC(C)(C)C)CC3)n2)=NO1.